The number of nitrogens with zero attached hydrogens (tertiary/aromatic N) is 3. The molecule has 0 spiro atoms. The van der Waals surface area contributed by atoms with Gasteiger partial charge in [0.05, 0.1) is 12.5 Å². The lowest BCUT2D eigenvalue weighted by molar-refractivity contribution is -0.124. The summed E-state index contributed by atoms with van der Waals surface area (Å²) in [5.74, 6) is 0.823. The van der Waals surface area contributed by atoms with Crippen LogP contribution in [0, 0.1) is 5.92 Å². The molecule has 4 rings (SSSR count). The minimum Gasteiger partial charge on any atom is -0.371 e. The Kier molecular flexibility index (Phi) is 3.99. The average molecular weight is 328 g/mol. The number of amides is 1. The Morgan fingerprint density at radius 2 is 2.04 bits per heavy atom. The standard InChI is InChI=1S/C17H20N4OS/c22-16(18-10-15-19-20-17(23-15)12-6-7-12)13-8-9-21(11-13)14-4-2-1-3-5-14/h1-5,12-13H,6-11H2,(H,18,22). The maximum atomic E-state index is 12.4. The summed E-state index contributed by atoms with van der Waals surface area (Å²) in [6.45, 7) is 2.23. The molecule has 2 aliphatic rings. The highest BCUT2D eigenvalue weighted by Gasteiger charge is 2.29. The summed E-state index contributed by atoms with van der Waals surface area (Å²) < 4.78 is 0. The quantitative estimate of drug-likeness (QED) is 0.916. The summed E-state index contributed by atoms with van der Waals surface area (Å²) in [4.78, 5) is 14.6. The number of nitrogens with one attached hydrogen (secondary N) is 1. The molecule has 0 bridgehead atoms. The minimum absolute atomic E-state index is 0.0611. The van der Waals surface area contributed by atoms with Gasteiger partial charge in [-0.05, 0) is 31.4 Å². The maximum Gasteiger partial charge on any atom is 0.225 e. The van der Waals surface area contributed by atoms with Crippen LogP contribution in [0.25, 0.3) is 0 Å². The lowest BCUT2D eigenvalue weighted by atomic mass is 10.1. The molecular formula is C17H20N4OS. The van der Waals surface area contributed by atoms with Crippen LogP contribution in [-0.4, -0.2) is 29.2 Å². The van der Waals surface area contributed by atoms with Gasteiger partial charge in [-0.15, -0.1) is 10.2 Å². The molecule has 1 aliphatic carbocycles. The van der Waals surface area contributed by atoms with E-state index in [1.165, 1.54) is 18.5 Å². The highest BCUT2D eigenvalue weighted by Crippen LogP contribution is 2.41. The Hall–Kier alpha value is -1.95. The van der Waals surface area contributed by atoms with Crippen LogP contribution in [-0.2, 0) is 11.3 Å². The van der Waals surface area contributed by atoms with Gasteiger partial charge in [0, 0.05) is 24.7 Å². The van der Waals surface area contributed by atoms with Crippen molar-refractivity contribution in [1.82, 2.24) is 15.5 Å². The van der Waals surface area contributed by atoms with E-state index in [9.17, 15) is 4.79 Å². The third-order valence-electron chi connectivity index (χ3n) is 4.50. The van der Waals surface area contributed by atoms with Gasteiger partial charge in [0.1, 0.15) is 10.0 Å². The summed E-state index contributed by atoms with van der Waals surface area (Å²) in [6.07, 6.45) is 3.38. The zero-order chi connectivity index (χ0) is 15.6. The number of aromatic nitrogens is 2. The Labute approximate surface area is 139 Å². The van der Waals surface area contributed by atoms with Crippen molar-refractivity contribution in [2.24, 2.45) is 5.92 Å². The van der Waals surface area contributed by atoms with Crippen LogP contribution in [0.4, 0.5) is 5.69 Å². The van der Waals surface area contributed by atoms with E-state index in [0.29, 0.717) is 12.5 Å². The van der Waals surface area contributed by atoms with E-state index in [2.05, 4.69) is 32.5 Å². The molecule has 0 radical (unpaired) electrons. The summed E-state index contributed by atoms with van der Waals surface area (Å²) in [7, 11) is 0. The van der Waals surface area contributed by atoms with Gasteiger partial charge in [-0.25, -0.2) is 0 Å². The number of carbonyl (C=O) groups excluding carboxylic acids is 1. The molecule has 1 amide bonds. The SMILES string of the molecule is O=C(NCc1nnc(C2CC2)s1)C1CCN(c2ccccc2)C1. The summed E-state index contributed by atoms with van der Waals surface area (Å²) in [6, 6.07) is 10.3. The van der Waals surface area contributed by atoms with Crippen LogP contribution >= 0.6 is 11.3 Å². The van der Waals surface area contributed by atoms with Gasteiger partial charge in [0.15, 0.2) is 0 Å². The molecule has 1 aromatic heterocycles. The van der Waals surface area contributed by atoms with E-state index in [1.54, 1.807) is 11.3 Å². The third-order valence-corrected chi connectivity index (χ3v) is 5.59. The molecule has 1 aliphatic heterocycles. The highest BCUT2D eigenvalue weighted by molar-refractivity contribution is 7.11. The average Bonchev–Trinajstić information content (AvgIpc) is 3.14. The molecule has 2 aromatic rings. The summed E-state index contributed by atoms with van der Waals surface area (Å²) >= 11 is 1.64. The molecular weight excluding hydrogens is 308 g/mol. The first-order valence-corrected chi connectivity index (χ1v) is 9.01. The fourth-order valence-corrected chi connectivity index (χ4v) is 3.94. The van der Waals surface area contributed by atoms with Crippen LogP contribution in [0.2, 0.25) is 0 Å². The van der Waals surface area contributed by atoms with Crippen LogP contribution in [0.1, 0.15) is 35.2 Å². The van der Waals surface area contributed by atoms with E-state index in [1.807, 2.05) is 18.2 Å². The molecule has 6 heteroatoms. The predicted molar refractivity (Wildman–Crippen MR) is 90.5 cm³/mol. The third kappa shape index (κ3) is 3.37. The van der Waals surface area contributed by atoms with Crippen molar-refractivity contribution in [3.8, 4) is 0 Å². The molecule has 2 heterocycles. The Morgan fingerprint density at radius 3 is 2.83 bits per heavy atom. The van der Waals surface area contributed by atoms with Gasteiger partial charge in [-0.2, -0.15) is 0 Å². The van der Waals surface area contributed by atoms with Gasteiger partial charge in [0.2, 0.25) is 5.91 Å². The molecule has 5 nitrogen and oxygen atoms in total. The van der Waals surface area contributed by atoms with E-state index < -0.39 is 0 Å². The molecule has 1 unspecified atom stereocenters. The van der Waals surface area contributed by atoms with Crippen molar-refractivity contribution < 1.29 is 4.79 Å². The first-order chi connectivity index (χ1) is 11.3. The molecule has 1 saturated carbocycles. The first kappa shape index (κ1) is 14.6. The largest absolute Gasteiger partial charge is 0.371 e. The second-order valence-corrected chi connectivity index (χ2v) is 7.39. The molecule has 1 saturated heterocycles. The maximum absolute atomic E-state index is 12.4. The zero-order valence-corrected chi connectivity index (χ0v) is 13.8. The number of hydrogen-bond donors (Lipinski definition) is 1. The fourth-order valence-electron chi connectivity index (χ4n) is 2.99. The van der Waals surface area contributed by atoms with E-state index in [-0.39, 0.29) is 11.8 Å². The molecule has 2 fully saturated rings. The summed E-state index contributed by atoms with van der Waals surface area (Å²) in [5, 5.41) is 13.5. The summed E-state index contributed by atoms with van der Waals surface area (Å²) in [5.41, 5.74) is 1.20. The normalized spacial score (nSPS) is 20.7. The Bertz CT molecular complexity index is 683. The Morgan fingerprint density at radius 1 is 1.22 bits per heavy atom. The van der Waals surface area contributed by atoms with Gasteiger partial charge in [-0.1, -0.05) is 29.5 Å². The second kappa shape index (κ2) is 6.28. The van der Waals surface area contributed by atoms with Gasteiger partial charge in [-0.3, -0.25) is 4.79 Å². The first-order valence-electron chi connectivity index (χ1n) is 8.19. The van der Waals surface area contributed by atoms with Crippen LogP contribution in [0.5, 0.6) is 0 Å². The number of rotatable bonds is 5. The number of hydrogen-bond acceptors (Lipinski definition) is 5. The molecule has 1 N–H and O–H groups in total. The second-order valence-electron chi connectivity index (χ2n) is 6.29. The van der Waals surface area contributed by atoms with Crippen molar-refractivity contribution >= 4 is 22.9 Å². The van der Waals surface area contributed by atoms with Crippen LogP contribution in [0.15, 0.2) is 30.3 Å². The number of anilines is 1. The van der Waals surface area contributed by atoms with E-state index in [0.717, 1.165) is 29.5 Å². The van der Waals surface area contributed by atoms with E-state index in [4.69, 9.17) is 0 Å². The predicted octanol–water partition coefficient (Wildman–Crippen LogP) is 2.56. The number of para-hydroxylation sites is 1. The van der Waals surface area contributed by atoms with Crippen LogP contribution in [0.3, 0.4) is 0 Å². The minimum atomic E-state index is 0.0611. The lowest BCUT2D eigenvalue weighted by Crippen LogP contribution is -2.32. The lowest BCUT2D eigenvalue weighted by Gasteiger charge is -2.18. The van der Waals surface area contributed by atoms with Crippen molar-refractivity contribution in [2.45, 2.75) is 31.7 Å². The Balaban J connectivity index is 1.29. The molecule has 1 atom stereocenters. The topological polar surface area (TPSA) is 58.1 Å². The molecule has 23 heavy (non-hydrogen) atoms. The van der Waals surface area contributed by atoms with E-state index >= 15 is 0 Å². The smallest absolute Gasteiger partial charge is 0.225 e. The van der Waals surface area contributed by atoms with Crippen molar-refractivity contribution in [3.05, 3.63) is 40.3 Å². The zero-order valence-electron chi connectivity index (χ0n) is 12.9. The van der Waals surface area contributed by atoms with Crippen molar-refractivity contribution in [2.75, 3.05) is 18.0 Å². The van der Waals surface area contributed by atoms with Gasteiger partial charge in [0.25, 0.3) is 0 Å². The van der Waals surface area contributed by atoms with Gasteiger partial charge >= 0.3 is 0 Å². The van der Waals surface area contributed by atoms with Crippen molar-refractivity contribution in [1.29, 1.82) is 0 Å². The monoisotopic (exact) mass is 328 g/mol. The highest BCUT2D eigenvalue weighted by atomic mass is 32.1. The fraction of sp³-hybridized carbons (Fsp3) is 0.471. The molecule has 120 valence electrons. The number of carbonyl (C=O) groups is 1. The van der Waals surface area contributed by atoms with Gasteiger partial charge < -0.3 is 10.2 Å². The molecule has 1 aromatic carbocycles. The van der Waals surface area contributed by atoms with Crippen LogP contribution < -0.4 is 10.2 Å². The van der Waals surface area contributed by atoms with Crippen molar-refractivity contribution in [3.63, 3.8) is 0 Å². The number of benzene rings is 1.